The molecular weight excluding hydrogens is 294 g/mol. The summed E-state index contributed by atoms with van der Waals surface area (Å²) < 4.78 is 5.50. The van der Waals surface area contributed by atoms with Crippen LogP contribution in [0, 0.1) is 0 Å². The molecule has 0 amide bonds. The van der Waals surface area contributed by atoms with E-state index in [0.717, 1.165) is 17.2 Å². The molecule has 0 fully saturated rings. The van der Waals surface area contributed by atoms with Gasteiger partial charge in [0.25, 0.3) is 5.01 Å². The molecule has 1 aliphatic heterocycles. The summed E-state index contributed by atoms with van der Waals surface area (Å²) in [5, 5.41) is 1.17. The summed E-state index contributed by atoms with van der Waals surface area (Å²) in [5.74, 6) is 0.938. The van der Waals surface area contributed by atoms with Crippen LogP contribution in [0.15, 0.2) is 35.6 Å². The Morgan fingerprint density at radius 3 is 2.86 bits per heavy atom. The second kappa shape index (κ2) is 4.78. The number of fused-ring (bicyclic) bond motifs is 2. The SMILES string of the molecule is CN1C=N/C(=C\c2sc3ccccc3[n+]2C)c2c1ncn2C. The van der Waals surface area contributed by atoms with Crippen LogP contribution in [0.2, 0.25) is 0 Å². The maximum absolute atomic E-state index is 4.59. The normalized spacial score (nSPS) is 15.8. The van der Waals surface area contributed by atoms with E-state index < -0.39 is 0 Å². The predicted octanol–water partition coefficient (Wildman–Crippen LogP) is 2.44. The first kappa shape index (κ1) is 13.2. The van der Waals surface area contributed by atoms with E-state index in [1.54, 1.807) is 11.3 Å². The van der Waals surface area contributed by atoms with E-state index in [1.165, 1.54) is 15.2 Å². The van der Waals surface area contributed by atoms with Crippen molar-refractivity contribution in [1.29, 1.82) is 0 Å². The molecule has 0 aliphatic carbocycles. The molecule has 0 atom stereocenters. The standard InChI is InChI=1S/C16H16N5S/c1-19-10-18-16-15(19)11(17-9-20(16)2)8-14-21(3)12-6-4-5-7-13(12)22-14/h4-10H,1-3H3/q+1. The van der Waals surface area contributed by atoms with Crippen LogP contribution in [0.5, 0.6) is 0 Å². The third-order valence-electron chi connectivity index (χ3n) is 3.90. The quantitative estimate of drug-likeness (QED) is 0.647. The van der Waals surface area contributed by atoms with Gasteiger partial charge in [0.05, 0.1) is 18.4 Å². The minimum Gasteiger partial charge on any atom is -0.331 e. The van der Waals surface area contributed by atoms with Gasteiger partial charge in [0.15, 0.2) is 5.82 Å². The van der Waals surface area contributed by atoms with Crippen molar-refractivity contribution in [3.05, 3.63) is 41.3 Å². The van der Waals surface area contributed by atoms with E-state index in [9.17, 15) is 0 Å². The molecule has 0 bridgehead atoms. The van der Waals surface area contributed by atoms with Crippen LogP contribution in [0.25, 0.3) is 22.0 Å². The molecule has 0 unspecified atom stereocenters. The average molecular weight is 310 g/mol. The molecule has 1 aromatic carbocycles. The van der Waals surface area contributed by atoms with Gasteiger partial charge in [-0.15, -0.1) is 0 Å². The number of hydrogen-bond donors (Lipinski definition) is 0. The Bertz CT molecular complexity index is 931. The second-order valence-corrected chi connectivity index (χ2v) is 6.44. The van der Waals surface area contributed by atoms with Crippen LogP contribution in [-0.4, -0.2) is 22.9 Å². The molecule has 0 N–H and O–H groups in total. The van der Waals surface area contributed by atoms with Crippen molar-refractivity contribution >= 4 is 45.5 Å². The first-order valence-electron chi connectivity index (χ1n) is 7.03. The molecule has 2 aromatic heterocycles. The lowest BCUT2D eigenvalue weighted by Crippen LogP contribution is -2.29. The summed E-state index contributed by atoms with van der Waals surface area (Å²) in [5.41, 5.74) is 3.22. The second-order valence-electron chi connectivity index (χ2n) is 5.38. The summed E-state index contributed by atoms with van der Waals surface area (Å²) in [7, 11) is 6.05. The minimum atomic E-state index is 0.938. The van der Waals surface area contributed by atoms with E-state index >= 15 is 0 Å². The third kappa shape index (κ3) is 1.88. The number of rotatable bonds is 1. The highest BCUT2D eigenvalue weighted by Crippen LogP contribution is 2.31. The van der Waals surface area contributed by atoms with Crippen LogP contribution < -0.4 is 9.47 Å². The van der Waals surface area contributed by atoms with Crippen molar-refractivity contribution in [2.24, 2.45) is 19.1 Å². The van der Waals surface area contributed by atoms with Crippen LogP contribution >= 0.6 is 11.3 Å². The molecule has 5 nitrogen and oxygen atoms in total. The first-order chi connectivity index (χ1) is 10.6. The van der Waals surface area contributed by atoms with Crippen molar-refractivity contribution in [2.75, 3.05) is 11.9 Å². The number of aryl methyl sites for hydroxylation is 2. The van der Waals surface area contributed by atoms with Gasteiger partial charge in [-0.3, -0.25) is 0 Å². The number of para-hydroxylation sites is 1. The average Bonchev–Trinajstić information content (AvgIpc) is 3.05. The number of anilines is 1. The molecule has 0 saturated carbocycles. The van der Waals surface area contributed by atoms with Gasteiger partial charge in [0.1, 0.15) is 17.4 Å². The first-order valence-corrected chi connectivity index (χ1v) is 7.85. The van der Waals surface area contributed by atoms with Crippen molar-refractivity contribution < 1.29 is 4.57 Å². The Balaban J connectivity index is 1.90. The summed E-state index contributed by atoms with van der Waals surface area (Å²) in [6.45, 7) is 0. The maximum atomic E-state index is 4.59. The molecule has 0 spiro atoms. The summed E-state index contributed by atoms with van der Waals surface area (Å²) >= 11 is 1.77. The molecule has 4 rings (SSSR count). The molecule has 3 aromatic rings. The number of thiazole rings is 1. The van der Waals surface area contributed by atoms with Crippen LogP contribution in [0.1, 0.15) is 10.7 Å². The van der Waals surface area contributed by atoms with Gasteiger partial charge in [-0.2, -0.15) is 4.57 Å². The number of nitrogens with zero attached hydrogens (tertiary/aromatic N) is 5. The van der Waals surface area contributed by atoms with Gasteiger partial charge in [0.2, 0.25) is 5.52 Å². The zero-order valence-electron chi connectivity index (χ0n) is 12.7. The van der Waals surface area contributed by atoms with E-state index in [1.807, 2.05) is 36.2 Å². The highest BCUT2D eigenvalue weighted by molar-refractivity contribution is 7.18. The topological polar surface area (TPSA) is 37.3 Å². The van der Waals surface area contributed by atoms with Crippen molar-refractivity contribution in [2.45, 2.75) is 0 Å². The highest BCUT2D eigenvalue weighted by atomic mass is 32.1. The molecule has 110 valence electrons. The van der Waals surface area contributed by atoms with Crippen LogP contribution in [0.3, 0.4) is 0 Å². The number of hydrogen-bond acceptors (Lipinski definition) is 4. The molecule has 0 radical (unpaired) electrons. The summed E-state index contributed by atoms with van der Waals surface area (Å²) in [6, 6.07) is 8.43. The maximum Gasteiger partial charge on any atom is 0.264 e. The fourth-order valence-electron chi connectivity index (χ4n) is 2.71. The lowest BCUT2D eigenvalue weighted by molar-refractivity contribution is -0.642. The summed E-state index contributed by atoms with van der Waals surface area (Å²) in [4.78, 5) is 11.0. The Hall–Kier alpha value is -2.47. The molecule has 22 heavy (non-hydrogen) atoms. The van der Waals surface area contributed by atoms with Gasteiger partial charge in [-0.25, -0.2) is 9.98 Å². The fourth-order valence-corrected chi connectivity index (χ4v) is 3.79. The van der Waals surface area contributed by atoms with Crippen molar-refractivity contribution in [3.63, 3.8) is 0 Å². The Kier molecular flexibility index (Phi) is 2.87. The molecule has 1 aliphatic rings. The summed E-state index contributed by atoms with van der Waals surface area (Å²) in [6.07, 6.45) is 5.78. The zero-order valence-corrected chi connectivity index (χ0v) is 13.5. The number of benzene rings is 1. The Morgan fingerprint density at radius 2 is 2.05 bits per heavy atom. The molecule has 6 heteroatoms. The molecule has 3 heterocycles. The highest BCUT2D eigenvalue weighted by Gasteiger charge is 2.22. The smallest absolute Gasteiger partial charge is 0.264 e. The van der Waals surface area contributed by atoms with Crippen molar-refractivity contribution in [3.8, 4) is 0 Å². The van der Waals surface area contributed by atoms with Gasteiger partial charge in [0, 0.05) is 26.2 Å². The number of imidazole rings is 1. The van der Waals surface area contributed by atoms with E-state index in [4.69, 9.17) is 0 Å². The zero-order chi connectivity index (χ0) is 15.3. The molecule has 0 saturated heterocycles. The lowest BCUT2D eigenvalue weighted by atomic mass is 10.2. The fraction of sp³-hybridized carbons (Fsp3) is 0.188. The van der Waals surface area contributed by atoms with E-state index in [0.29, 0.717) is 0 Å². The van der Waals surface area contributed by atoms with Gasteiger partial charge in [-0.1, -0.05) is 23.5 Å². The van der Waals surface area contributed by atoms with Gasteiger partial charge < -0.3 is 9.47 Å². The third-order valence-corrected chi connectivity index (χ3v) is 5.06. The predicted molar refractivity (Wildman–Crippen MR) is 91.0 cm³/mol. The van der Waals surface area contributed by atoms with E-state index in [-0.39, 0.29) is 0 Å². The van der Waals surface area contributed by atoms with Gasteiger partial charge >= 0.3 is 0 Å². The molecular formula is C16H16N5S+. The van der Waals surface area contributed by atoms with E-state index in [2.05, 4.69) is 51.9 Å². The lowest BCUT2D eigenvalue weighted by Gasteiger charge is -2.18. The number of aliphatic imine (C=N–C) groups is 1. The van der Waals surface area contributed by atoms with Gasteiger partial charge in [-0.05, 0) is 6.07 Å². The van der Waals surface area contributed by atoms with Crippen LogP contribution in [0.4, 0.5) is 5.82 Å². The minimum absolute atomic E-state index is 0.938. The number of aromatic nitrogens is 3. The monoisotopic (exact) mass is 310 g/mol. The Labute approximate surface area is 132 Å². The van der Waals surface area contributed by atoms with Crippen molar-refractivity contribution in [1.82, 2.24) is 9.55 Å². The van der Waals surface area contributed by atoms with Crippen LogP contribution in [-0.2, 0) is 14.1 Å². The Morgan fingerprint density at radius 1 is 1.23 bits per heavy atom. The largest absolute Gasteiger partial charge is 0.331 e.